The highest BCUT2D eigenvalue weighted by Gasteiger charge is 2.36. The number of aromatic nitrogens is 2. The monoisotopic (exact) mass is 307 g/mol. The maximum atomic E-state index is 6.16. The Morgan fingerprint density at radius 1 is 1.52 bits per heavy atom. The molecule has 1 N–H and O–H groups in total. The van der Waals surface area contributed by atoms with Crippen LogP contribution in [-0.4, -0.2) is 34.2 Å². The number of ether oxygens (including phenoxy) is 1. The predicted molar refractivity (Wildman–Crippen MR) is 87.1 cm³/mol. The number of imidazole rings is 1. The van der Waals surface area contributed by atoms with Gasteiger partial charge < -0.3 is 10.1 Å². The maximum Gasteiger partial charge on any atom is 0.193 e. The Morgan fingerprint density at radius 3 is 3.14 bits per heavy atom. The minimum Gasteiger partial charge on any atom is -0.374 e. The first-order chi connectivity index (χ1) is 10.2. The number of rotatable bonds is 6. The van der Waals surface area contributed by atoms with Gasteiger partial charge in [0.15, 0.2) is 4.96 Å². The zero-order valence-corrected chi connectivity index (χ0v) is 13.8. The smallest absolute Gasteiger partial charge is 0.193 e. The molecular formula is C16H25N3OS. The van der Waals surface area contributed by atoms with Gasteiger partial charge in [-0.3, -0.25) is 4.40 Å². The molecule has 3 rings (SSSR count). The molecule has 0 spiro atoms. The van der Waals surface area contributed by atoms with Crippen molar-refractivity contribution in [2.75, 3.05) is 13.2 Å². The predicted octanol–water partition coefficient (Wildman–Crippen LogP) is 3.27. The molecule has 4 nitrogen and oxygen atoms in total. The van der Waals surface area contributed by atoms with Crippen molar-refractivity contribution in [3.8, 4) is 0 Å². The summed E-state index contributed by atoms with van der Waals surface area (Å²) in [5, 5.41) is 5.77. The molecule has 2 aromatic rings. The van der Waals surface area contributed by atoms with E-state index in [-0.39, 0.29) is 5.60 Å². The van der Waals surface area contributed by atoms with Gasteiger partial charge in [-0.15, -0.1) is 11.3 Å². The normalized spacial score (nSPS) is 24.5. The molecule has 0 amide bonds. The molecule has 116 valence electrons. The minimum absolute atomic E-state index is 0.0650. The van der Waals surface area contributed by atoms with E-state index in [4.69, 9.17) is 9.72 Å². The average Bonchev–Trinajstić information content (AvgIpc) is 3.05. The van der Waals surface area contributed by atoms with Gasteiger partial charge in [-0.05, 0) is 39.2 Å². The highest BCUT2D eigenvalue weighted by atomic mass is 32.1. The molecule has 2 aromatic heterocycles. The maximum absolute atomic E-state index is 6.16. The van der Waals surface area contributed by atoms with Crippen LogP contribution in [0.15, 0.2) is 17.8 Å². The average molecular weight is 307 g/mol. The van der Waals surface area contributed by atoms with Crippen LogP contribution in [0.25, 0.3) is 4.96 Å². The molecule has 0 radical (unpaired) electrons. The van der Waals surface area contributed by atoms with Crippen molar-refractivity contribution in [1.82, 2.24) is 14.7 Å². The fourth-order valence-corrected chi connectivity index (χ4v) is 3.86. The third kappa shape index (κ3) is 3.30. The molecule has 21 heavy (non-hydrogen) atoms. The second kappa shape index (κ2) is 6.46. The van der Waals surface area contributed by atoms with Crippen LogP contribution in [0.1, 0.15) is 45.2 Å². The Labute approximate surface area is 130 Å². The lowest BCUT2D eigenvalue weighted by molar-refractivity contribution is -0.0884. The third-order valence-electron chi connectivity index (χ3n) is 4.43. The molecule has 0 saturated carbocycles. The van der Waals surface area contributed by atoms with Gasteiger partial charge >= 0.3 is 0 Å². The summed E-state index contributed by atoms with van der Waals surface area (Å²) >= 11 is 1.69. The largest absolute Gasteiger partial charge is 0.374 e. The molecule has 1 fully saturated rings. The molecule has 1 saturated heterocycles. The topological polar surface area (TPSA) is 38.6 Å². The van der Waals surface area contributed by atoms with E-state index in [2.05, 4.69) is 41.3 Å². The van der Waals surface area contributed by atoms with Gasteiger partial charge in [0.2, 0.25) is 0 Å². The minimum atomic E-state index is -0.0650. The van der Waals surface area contributed by atoms with E-state index in [1.54, 1.807) is 11.3 Å². The van der Waals surface area contributed by atoms with E-state index < -0.39 is 0 Å². The third-order valence-corrected chi connectivity index (χ3v) is 5.20. The summed E-state index contributed by atoms with van der Waals surface area (Å²) in [4.78, 5) is 5.81. The summed E-state index contributed by atoms with van der Waals surface area (Å²) in [7, 11) is 0. The molecule has 2 atom stereocenters. The Bertz CT molecular complexity index is 542. The van der Waals surface area contributed by atoms with Crippen molar-refractivity contribution >= 4 is 16.3 Å². The first-order valence-corrected chi connectivity index (χ1v) is 8.87. The fraction of sp³-hybridized carbons (Fsp3) is 0.688. The number of nitrogens with zero attached hydrogens (tertiary/aromatic N) is 2. The van der Waals surface area contributed by atoms with Crippen LogP contribution in [0.3, 0.4) is 0 Å². The summed E-state index contributed by atoms with van der Waals surface area (Å²) < 4.78 is 8.27. The van der Waals surface area contributed by atoms with Crippen molar-refractivity contribution in [2.45, 2.75) is 57.6 Å². The summed E-state index contributed by atoms with van der Waals surface area (Å²) in [6.45, 7) is 6.39. The summed E-state index contributed by atoms with van der Waals surface area (Å²) in [5.41, 5.74) is 1.09. The van der Waals surface area contributed by atoms with Crippen molar-refractivity contribution in [3.63, 3.8) is 0 Å². The first kappa shape index (κ1) is 15.0. The van der Waals surface area contributed by atoms with Crippen molar-refractivity contribution in [2.24, 2.45) is 0 Å². The van der Waals surface area contributed by atoms with Crippen LogP contribution >= 0.6 is 11.3 Å². The number of nitrogens with one attached hydrogen (secondary N) is 1. The summed E-state index contributed by atoms with van der Waals surface area (Å²) in [5.74, 6) is 0. The van der Waals surface area contributed by atoms with Gasteiger partial charge in [0, 0.05) is 36.8 Å². The van der Waals surface area contributed by atoms with Crippen molar-refractivity contribution in [3.05, 3.63) is 23.5 Å². The SMILES string of the molecule is CCCNC(Cc1cn2ccsc2n1)C1(C)CCCCO1. The molecule has 1 aliphatic rings. The van der Waals surface area contributed by atoms with E-state index in [1.807, 2.05) is 0 Å². The standard InChI is InChI=1S/C16H25N3OS/c1-3-7-17-14(16(2)6-4-5-9-20-16)11-13-12-19-8-10-21-15(19)18-13/h8,10,12,14,17H,3-7,9,11H2,1-2H3. The second-order valence-corrected chi connectivity index (χ2v) is 7.03. The molecule has 3 heterocycles. The van der Waals surface area contributed by atoms with Crippen LogP contribution in [-0.2, 0) is 11.2 Å². The molecular weight excluding hydrogens is 282 g/mol. The fourth-order valence-electron chi connectivity index (χ4n) is 3.14. The first-order valence-electron chi connectivity index (χ1n) is 8.00. The Balaban J connectivity index is 1.76. The van der Waals surface area contributed by atoms with E-state index in [0.717, 1.165) is 43.1 Å². The van der Waals surface area contributed by atoms with Crippen molar-refractivity contribution < 1.29 is 4.74 Å². The highest BCUT2D eigenvalue weighted by molar-refractivity contribution is 7.15. The molecule has 1 aliphatic heterocycles. The molecule has 0 bridgehead atoms. The second-order valence-electron chi connectivity index (χ2n) is 6.15. The van der Waals surface area contributed by atoms with E-state index in [1.165, 1.54) is 12.8 Å². The Hall–Kier alpha value is -0.910. The zero-order chi connectivity index (χ0) is 14.7. The number of fused-ring (bicyclic) bond motifs is 1. The lowest BCUT2D eigenvalue weighted by atomic mass is 9.85. The van der Waals surface area contributed by atoms with Gasteiger partial charge in [-0.2, -0.15) is 0 Å². The van der Waals surface area contributed by atoms with E-state index in [0.29, 0.717) is 6.04 Å². The molecule has 0 aromatic carbocycles. The van der Waals surface area contributed by atoms with Crippen molar-refractivity contribution in [1.29, 1.82) is 0 Å². The van der Waals surface area contributed by atoms with Crippen LogP contribution < -0.4 is 5.32 Å². The summed E-state index contributed by atoms with van der Waals surface area (Å²) in [6.07, 6.45) is 9.89. The highest BCUT2D eigenvalue weighted by Crippen LogP contribution is 2.29. The van der Waals surface area contributed by atoms with Crippen LogP contribution in [0, 0.1) is 0 Å². The van der Waals surface area contributed by atoms with Crippen LogP contribution in [0.5, 0.6) is 0 Å². The summed E-state index contributed by atoms with van der Waals surface area (Å²) in [6, 6.07) is 0.336. The van der Waals surface area contributed by atoms with Gasteiger partial charge in [-0.1, -0.05) is 6.92 Å². The Morgan fingerprint density at radius 2 is 2.43 bits per heavy atom. The van der Waals surface area contributed by atoms with E-state index in [9.17, 15) is 0 Å². The molecule has 0 aliphatic carbocycles. The lowest BCUT2D eigenvalue weighted by Gasteiger charge is -2.41. The number of hydrogen-bond acceptors (Lipinski definition) is 4. The number of thiazole rings is 1. The van der Waals surface area contributed by atoms with Gasteiger partial charge in [0.25, 0.3) is 0 Å². The Kier molecular flexibility index (Phi) is 4.62. The van der Waals surface area contributed by atoms with Gasteiger partial charge in [0.1, 0.15) is 0 Å². The zero-order valence-electron chi connectivity index (χ0n) is 13.0. The molecule has 2 unspecified atom stereocenters. The van der Waals surface area contributed by atoms with Gasteiger partial charge in [-0.25, -0.2) is 4.98 Å². The lowest BCUT2D eigenvalue weighted by Crippen LogP contribution is -2.53. The van der Waals surface area contributed by atoms with E-state index >= 15 is 0 Å². The molecule has 5 heteroatoms. The quantitative estimate of drug-likeness (QED) is 0.890. The van der Waals surface area contributed by atoms with Crippen LogP contribution in [0.4, 0.5) is 0 Å². The number of hydrogen-bond donors (Lipinski definition) is 1. The van der Waals surface area contributed by atoms with Crippen LogP contribution in [0.2, 0.25) is 0 Å². The van der Waals surface area contributed by atoms with Gasteiger partial charge in [0.05, 0.1) is 11.3 Å².